The third kappa shape index (κ3) is 3.58. The molecule has 9 heteroatoms. The van der Waals surface area contributed by atoms with Gasteiger partial charge in [0, 0.05) is 19.2 Å². The molecule has 1 aromatic carbocycles. The average Bonchev–Trinajstić information content (AvgIpc) is 2.36. The number of alkyl halides is 2. The molecule has 7 nitrogen and oxygen atoms in total. The molecule has 0 saturated heterocycles. The lowest BCUT2D eigenvalue weighted by Gasteiger charge is -2.18. The maximum Gasteiger partial charge on any atom is 0.270 e. The Morgan fingerprint density at radius 2 is 2.21 bits per heavy atom. The molecular formula is C10H12F2N4O3. The summed E-state index contributed by atoms with van der Waals surface area (Å²) in [6.07, 6.45) is -2.69. The summed E-state index contributed by atoms with van der Waals surface area (Å²) in [5, 5.41) is 10.6. The van der Waals surface area contributed by atoms with Gasteiger partial charge in [-0.2, -0.15) is 0 Å². The number of hydrogen-bond donors (Lipinski definition) is 2. The maximum atomic E-state index is 12.2. The highest BCUT2D eigenvalue weighted by Gasteiger charge is 2.21. The number of nitrogen functional groups attached to an aromatic ring is 1. The topological polar surface area (TPSA) is 102 Å². The number of nitro groups is 1. The fourth-order valence-electron chi connectivity index (χ4n) is 1.44. The van der Waals surface area contributed by atoms with E-state index in [1.54, 1.807) is 0 Å². The summed E-state index contributed by atoms with van der Waals surface area (Å²) in [5.41, 5.74) is 1.85. The number of carbonyl (C=O) groups excluding carboxylic acids is 1. The maximum absolute atomic E-state index is 12.2. The monoisotopic (exact) mass is 274 g/mol. The molecule has 1 rings (SSSR count). The van der Waals surface area contributed by atoms with Gasteiger partial charge in [0.2, 0.25) is 0 Å². The van der Waals surface area contributed by atoms with E-state index in [1.807, 2.05) is 0 Å². The van der Waals surface area contributed by atoms with Crippen LogP contribution in [0.2, 0.25) is 0 Å². The van der Waals surface area contributed by atoms with Crippen molar-refractivity contribution in [1.82, 2.24) is 4.90 Å². The number of hydrogen-bond acceptors (Lipinski definition) is 5. The molecule has 1 aromatic rings. The molecule has 0 saturated carbocycles. The van der Waals surface area contributed by atoms with Crippen LogP contribution in [0.4, 0.5) is 20.2 Å². The summed E-state index contributed by atoms with van der Waals surface area (Å²) in [4.78, 5) is 22.6. The Labute approximate surface area is 107 Å². The number of anilines is 1. The first-order chi connectivity index (χ1) is 8.86. The zero-order valence-corrected chi connectivity index (χ0v) is 9.97. The molecule has 0 radical (unpaired) electrons. The molecule has 104 valence electrons. The molecular weight excluding hydrogens is 262 g/mol. The van der Waals surface area contributed by atoms with Crippen molar-refractivity contribution in [2.75, 3.05) is 19.0 Å². The van der Waals surface area contributed by atoms with Gasteiger partial charge in [0.15, 0.2) is 0 Å². The second kappa shape index (κ2) is 6.05. The standard InChI is InChI=1S/C10H12F2N4O3/c1-15(5-9(11)12)10(17)7-4-6(16(18)19)2-3-8(7)14-13/h2-4,9,14H,5,13H2,1H3. The number of carbonyl (C=O) groups is 1. The van der Waals surface area contributed by atoms with Crippen molar-refractivity contribution in [3.8, 4) is 0 Å². The Kier molecular flexibility index (Phi) is 4.70. The molecule has 0 spiro atoms. The summed E-state index contributed by atoms with van der Waals surface area (Å²) >= 11 is 0. The molecule has 0 aliphatic rings. The molecule has 0 bridgehead atoms. The van der Waals surface area contributed by atoms with E-state index >= 15 is 0 Å². The Hall–Kier alpha value is -2.29. The van der Waals surface area contributed by atoms with Crippen LogP contribution in [0.3, 0.4) is 0 Å². The van der Waals surface area contributed by atoms with Gasteiger partial charge in [0.05, 0.1) is 22.7 Å². The molecule has 0 aliphatic heterocycles. The van der Waals surface area contributed by atoms with Crippen LogP contribution in [0.1, 0.15) is 10.4 Å². The van der Waals surface area contributed by atoms with Crippen molar-refractivity contribution in [2.45, 2.75) is 6.43 Å². The highest BCUT2D eigenvalue weighted by Crippen LogP contribution is 2.22. The van der Waals surface area contributed by atoms with Crippen molar-refractivity contribution in [3.63, 3.8) is 0 Å². The largest absolute Gasteiger partial charge is 0.336 e. The van der Waals surface area contributed by atoms with Gasteiger partial charge in [0.25, 0.3) is 18.0 Å². The molecule has 0 fully saturated rings. The van der Waals surface area contributed by atoms with E-state index < -0.39 is 23.8 Å². The van der Waals surface area contributed by atoms with E-state index in [2.05, 4.69) is 5.43 Å². The summed E-state index contributed by atoms with van der Waals surface area (Å²) in [7, 11) is 1.17. The van der Waals surface area contributed by atoms with Gasteiger partial charge in [-0.3, -0.25) is 20.8 Å². The molecule has 0 heterocycles. The second-order valence-corrected chi connectivity index (χ2v) is 3.71. The van der Waals surface area contributed by atoms with Crippen LogP contribution in [0, 0.1) is 10.1 Å². The third-order valence-corrected chi connectivity index (χ3v) is 2.36. The Morgan fingerprint density at radius 1 is 1.58 bits per heavy atom. The van der Waals surface area contributed by atoms with Gasteiger partial charge in [-0.25, -0.2) is 8.78 Å². The first-order valence-electron chi connectivity index (χ1n) is 5.15. The van der Waals surface area contributed by atoms with Crippen molar-refractivity contribution in [3.05, 3.63) is 33.9 Å². The second-order valence-electron chi connectivity index (χ2n) is 3.71. The fraction of sp³-hybridized carbons (Fsp3) is 0.300. The average molecular weight is 274 g/mol. The Morgan fingerprint density at radius 3 is 2.68 bits per heavy atom. The lowest BCUT2D eigenvalue weighted by atomic mass is 10.1. The fourth-order valence-corrected chi connectivity index (χ4v) is 1.44. The lowest BCUT2D eigenvalue weighted by Crippen LogP contribution is -2.32. The zero-order valence-electron chi connectivity index (χ0n) is 9.97. The van der Waals surface area contributed by atoms with Crippen molar-refractivity contribution in [1.29, 1.82) is 0 Å². The molecule has 0 aliphatic carbocycles. The van der Waals surface area contributed by atoms with E-state index in [9.17, 15) is 23.7 Å². The van der Waals surface area contributed by atoms with Gasteiger partial charge in [0.1, 0.15) is 0 Å². The smallest absolute Gasteiger partial charge is 0.270 e. The van der Waals surface area contributed by atoms with Gasteiger partial charge in [-0.1, -0.05) is 0 Å². The predicted octanol–water partition coefficient (Wildman–Crippen LogP) is 1.22. The summed E-state index contributed by atoms with van der Waals surface area (Å²) in [6, 6.07) is 3.38. The van der Waals surface area contributed by atoms with E-state index in [-0.39, 0.29) is 16.9 Å². The van der Waals surface area contributed by atoms with Gasteiger partial charge in [-0.15, -0.1) is 0 Å². The minimum absolute atomic E-state index is 0.122. The highest BCUT2D eigenvalue weighted by atomic mass is 19.3. The molecule has 19 heavy (non-hydrogen) atoms. The lowest BCUT2D eigenvalue weighted by molar-refractivity contribution is -0.384. The molecule has 0 atom stereocenters. The minimum Gasteiger partial charge on any atom is -0.336 e. The minimum atomic E-state index is -2.69. The summed E-state index contributed by atoms with van der Waals surface area (Å²) in [5.74, 6) is 4.40. The van der Waals surface area contributed by atoms with Gasteiger partial charge in [-0.05, 0) is 6.07 Å². The van der Waals surface area contributed by atoms with Crippen LogP contribution in [0.5, 0.6) is 0 Å². The number of non-ortho nitro benzene ring substituents is 1. The van der Waals surface area contributed by atoms with Crippen LogP contribution < -0.4 is 11.3 Å². The number of nitrogens with one attached hydrogen (secondary N) is 1. The quantitative estimate of drug-likeness (QED) is 0.477. The molecule has 0 unspecified atom stereocenters. The zero-order chi connectivity index (χ0) is 14.6. The number of nitrogens with zero attached hydrogens (tertiary/aromatic N) is 2. The van der Waals surface area contributed by atoms with Crippen molar-refractivity contribution < 1.29 is 18.5 Å². The SMILES string of the molecule is CN(CC(F)F)C(=O)c1cc([N+](=O)[O-])ccc1NN. The molecule has 1 amide bonds. The van der Waals surface area contributed by atoms with Crippen LogP contribution in [-0.2, 0) is 0 Å². The summed E-state index contributed by atoms with van der Waals surface area (Å²) < 4.78 is 24.4. The third-order valence-electron chi connectivity index (χ3n) is 2.36. The molecule has 3 N–H and O–H groups in total. The van der Waals surface area contributed by atoms with Crippen molar-refractivity contribution in [2.24, 2.45) is 5.84 Å². The van der Waals surface area contributed by atoms with E-state index in [0.717, 1.165) is 17.0 Å². The number of benzene rings is 1. The number of rotatable bonds is 5. The van der Waals surface area contributed by atoms with Gasteiger partial charge >= 0.3 is 0 Å². The number of hydrazine groups is 1. The van der Waals surface area contributed by atoms with E-state index in [1.165, 1.54) is 13.1 Å². The Balaban J connectivity index is 3.12. The Bertz CT molecular complexity index is 496. The van der Waals surface area contributed by atoms with Crippen molar-refractivity contribution >= 4 is 17.3 Å². The number of halogens is 2. The van der Waals surface area contributed by atoms with E-state index in [4.69, 9.17) is 5.84 Å². The summed E-state index contributed by atoms with van der Waals surface area (Å²) in [6.45, 7) is -0.772. The van der Waals surface area contributed by atoms with Gasteiger partial charge < -0.3 is 10.3 Å². The number of amides is 1. The number of nitro benzene ring substituents is 1. The highest BCUT2D eigenvalue weighted by molar-refractivity contribution is 6.00. The van der Waals surface area contributed by atoms with Crippen LogP contribution in [0.25, 0.3) is 0 Å². The van der Waals surface area contributed by atoms with E-state index in [0.29, 0.717) is 0 Å². The first kappa shape index (κ1) is 14.8. The van der Waals surface area contributed by atoms with Crippen LogP contribution in [0.15, 0.2) is 18.2 Å². The first-order valence-corrected chi connectivity index (χ1v) is 5.15. The molecule has 0 aromatic heterocycles. The van der Waals surface area contributed by atoms with Crippen LogP contribution in [-0.4, -0.2) is 35.7 Å². The normalized spacial score (nSPS) is 10.4. The predicted molar refractivity (Wildman–Crippen MR) is 63.9 cm³/mol. The van der Waals surface area contributed by atoms with Crippen LogP contribution >= 0.6 is 0 Å². The number of nitrogens with two attached hydrogens (primary N) is 1.